The van der Waals surface area contributed by atoms with Crippen LogP contribution in [0.4, 0.5) is 0 Å². The highest BCUT2D eigenvalue weighted by Crippen LogP contribution is 2.30. The summed E-state index contributed by atoms with van der Waals surface area (Å²) < 4.78 is 10.6. The van der Waals surface area contributed by atoms with Crippen molar-refractivity contribution in [1.82, 2.24) is 0 Å². The third-order valence-corrected chi connectivity index (χ3v) is 4.65. The van der Waals surface area contributed by atoms with Crippen LogP contribution in [-0.4, -0.2) is 20.0 Å². The number of ketones is 1. The second kappa shape index (κ2) is 8.24. The Hall–Kier alpha value is -2.52. The number of allylic oxidation sites excluding steroid dienone is 2. The van der Waals surface area contributed by atoms with Gasteiger partial charge in [-0.3, -0.25) is 4.79 Å². The number of methoxy groups -OCH3 is 2. The first kappa shape index (κ1) is 18.3. The highest BCUT2D eigenvalue weighted by Gasteiger charge is 2.20. The van der Waals surface area contributed by atoms with Crippen LogP contribution in [-0.2, 0) is 4.79 Å². The zero-order chi connectivity index (χ0) is 18.5. The van der Waals surface area contributed by atoms with Gasteiger partial charge in [0.1, 0.15) is 11.5 Å². The summed E-state index contributed by atoms with van der Waals surface area (Å²) in [5.41, 5.74) is 3.53. The fourth-order valence-electron chi connectivity index (χ4n) is 3.05. The molecule has 4 heteroatoms. The summed E-state index contributed by atoms with van der Waals surface area (Å²) in [5.74, 6) is 1.51. The average molecular weight is 369 g/mol. The molecule has 0 bridgehead atoms. The predicted molar refractivity (Wildman–Crippen MR) is 106 cm³/mol. The molecule has 1 aliphatic rings. The number of ether oxygens (including phenoxy) is 2. The maximum absolute atomic E-state index is 12.9. The minimum absolute atomic E-state index is 0.105. The molecule has 2 aromatic carbocycles. The van der Waals surface area contributed by atoms with E-state index in [4.69, 9.17) is 21.1 Å². The van der Waals surface area contributed by atoms with Crippen molar-refractivity contribution in [1.29, 1.82) is 0 Å². The smallest absolute Gasteiger partial charge is 0.185 e. The Labute approximate surface area is 158 Å². The lowest BCUT2D eigenvalue weighted by Crippen LogP contribution is -2.12. The number of carbonyl (C=O) groups is 1. The van der Waals surface area contributed by atoms with Crippen molar-refractivity contribution >= 4 is 29.5 Å². The van der Waals surface area contributed by atoms with Gasteiger partial charge in [-0.25, -0.2) is 0 Å². The van der Waals surface area contributed by atoms with Crippen LogP contribution in [0.25, 0.3) is 12.2 Å². The van der Waals surface area contributed by atoms with Crippen molar-refractivity contribution in [3.63, 3.8) is 0 Å². The first-order chi connectivity index (χ1) is 12.6. The summed E-state index contributed by atoms with van der Waals surface area (Å²) in [6.07, 6.45) is 6.41. The van der Waals surface area contributed by atoms with Crippen molar-refractivity contribution in [2.24, 2.45) is 0 Å². The molecule has 0 saturated heterocycles. The Morgan fingerprint density at radius 2 is 1.38 bits per heavy atom. The maximum Gasteiger partial charge on any atom is 0.185 e. The molecule has 2 aromatic rings. The summed E-state index contributed by atoms with van der Waals surface area (Å²) in [6.45, 7) is 0. The molecule has 134 valence electrons. The van der Waals surface area contributed by atoms with Crippen molar-refractivity contribution in [2.45, 2.75) is 19.3 Å². The van der Waals surface area contributed by atoms with E-state index in [-0.39, 0.29) is 5.78 Å². The highest BCUT2D eigenvalue weighted by atomic mass is 35.5. The number of rotatable bonds is 4. The first-order valence-electron chi connectivity index (χ1n) is 8.53. The van der Waals surface area contributed by atoms with Crippen LogP contribution < -0.4 is 9.47 Å². The van der Waals surface area contributed by atoms with Crippen molar-refractivity contribution < 1.29 is 14.3 Å². The number of halogens is 1. The van der Waals surface area contributed by atoms with Crippen molar-refractivity contribution in [3.05, 3.63) is 69.8 Å². The number of Topliss-reactive ketones (excluding diaryl/α,β-unsaturated/α-hetero) is 1. The summed E-state index contributed by atoms with van der Waals surface area (Å²) in [6, 6.07) is 13.1. The van der Waals surface area contributed by atoms with E-state index in [1.807, 2.05) is 54.6 Å². The molecule has 26 heavy (non-hydrogen) atoms. The van der Waals surface area contributed by atoms with E-state index in [1.54, 1.807) is 14.2 Å². The molecule has 3 nitrogen and oxygen atoms in total. The van der Waals surface area contributed by atoms with Gasteiger partial charge in [0.05, 0.1) is 14.2 Å². The average Bonchev–Trinajstić information content (AvgIpc) is 2.66. The quantitative estimate of drug-likeness (QED) is 0.661. The first-order valence-corrected chi connectivity index (χ1v) is 8.91. The minimum Gasteiger partial charge on any atom is -0.497 e. The highest BCUT2D eigenvalue weighted by molar-refractivity contribution is 6.30. The second-order valence-electron chi connectivity index (χ2n) is 6.22. The molecular formula is C22H21ClO3. The number of hydrogen-bond acceptors (Lipinski definition) is 3. The van der Waals surface area contributed by atoms with Crippen molar-refractivity contribution in [3.8, 4) is 11.5 Å². The van der Waals surface area contributed by atoms with Crippen LogP contribution in [0.1, 0.15) is 30.4 Å². The Morgan fingerprint density at radius 3 is 1.92 bits per heavy atom. The number of hydrogen-bond donors (Lipinski definition) is 0. The molecule has 0 unspecified atom stereocenters. The lowest BCUT2D eigenvalue weighted by molar-refractivity contribution is -0.112. The molecule has 0 atom stereocenters. The Bertz CT molecular complexity index is 841. The van der Waals surface area contributed by atoms with E-state index in [0.29, 0.717) is 16.5 Å². The van der Waals surface area contributed by atoms with Gasteiger partial charge in [-0.05, 0) is 66.8 Å². The molecular weight excluding hydrogens is 348 g/mol. The van der Waals surface area contributed by atoms with E-state index < -0.39 is 0 Å². The summed E-state index contributed by atoms with van der Waals surface area (Å²) in [7, 11) is 3.23. The lowest BCUT2D eigenvalue weighted by atomic mass is 9.87. The summed E-state index contributed by atoms with van der Waals surface area (Å²) in [4.78, 5) is 12.9. The van der Waals surface area contributed by atoms with Crippen molar-refractivity contribution in [2.75, 3.05) is 14.2 Å². The second-order valence-corrected chi connectivity index (χ2v) is 6.66. The lowest BCUT2D eigenvalue weighted by Gasteiger charge is -2.17. The van der Waals surface area contributed by atoms with Crippen LogP contribution in [0.5, 0.6) is 11.5 Å². The van der Waals surface area contributed by atoms with Gasteiger partial charge in [0.15, 0.2) is 5.78 Å². The van der Waals surface area contributed by atoms with Gasteiger partial charge in [0, 0.05) is 22.2 Å². The molecule has 1 aliphatic carbocycles. The summed E-state index contributed by atoms with van der Waals surface area (Å²) >= 11 is 5.93. The Morgan fingerprint density at radius 1 is 0.846 bits per heavy atom. The third kappa shape index (κ3) is 4.36. The molecule has 0 spiro atoms. The molecule has 3 rings (SSSR count). The van der Waals surface area contributed by atoms with E-state index in [9.17, 15) is 4.79 Å². The van der Waals surface area contributed by atoms with Gasteiger partial charge in [0.2, 0.25) is 0 Å². The van der Waals surface area contributed by atoms with E-state index >= 15 is 0 Å². The van der Waals surface area contributed by atoms with Gasteiger partial charge in [-0.2, -0.15) is 0 Å². The molecule has 0 radical (unpaired) electrons. The zero-order valence-electron chi connectivity index (χ0n) is 14.9. The van der Waals surface area contributed by atoms with Crippen LogP contribution in [0.2, 0.25) is 5.02 Å². The van der Waals surface area contributed by atoms with E-state index in [2.05, 4.69) is 0 Å². The number of carbonyl (C=O) groups excluding carboxylic acids is 1. The van der Waals surface area contributed by atoms with Crippen LogP contribution in [0, 0.1) is 0 Å². The topological polar surface area (TPSA) is 35.5 Å². The third-order valence-electron chi connectivity index (χ3n) is 4.40. The standard InChI is InChI=1S/C22H21ClO3/c1-25-20-12-16(13-21(14-20)26-2)11-18-5-3-4-17(22(18)24)10-15-6-8-19(23)9-7-15/h6-14H,3-5H2,1-2H3. The fourth-order valence-corrected chi connectivity index (χ4v) is 3.18. The molecule has 0 amide bonds. The molecule has 0 N–H and O–H groups in total. The SMILES string of the molecule is COc1cc(C=C2CCCC(=Cc3ccc(Cl)cc3)C2=O)cc(OC)c1. The maximum atomic E-state index is 12.9. The Kier molecular flexibility index (Phi) is 5.79. The summed E-state index contributed by atoms with van der Waals surface area (Å²) in [5, 5.41) is 0.690. The molecule has 1 saturated carbocycles. The normalized spacial score (nSPS) is 17.6. The van der Waals surface area contributed by atoms with Gasteiger partial charge >= 0.3 is 0 Å². The van der Waals surface area contributed by atoms with Gasteiger partial charge in [-0.15, -0.1) is 0 Å². The van der Waals surface area contributed by atoms with Gasteiger partial charge < -0.3 is 9.47 Å². The monoisotopic (exact) mass is 368 g/mol. The molecule has 0 heterocycles. The van der Waals surface area contributed by atoms with E-state index in [1.165, 1.54) is 0 Å². The van der Waals surface area contributed by atoms with Crippen LogP contribution in [0.15, 0.2) is 53.6 Å². The van der Waals surface area contributed by atoms with Crippen LogP contribution >= 0.6 is 11.6 Å². The molecule has 1 fully saturated rings. The molecule has 0 aromatic heterocycles. The predicted octanol–water partition coefficient (Wildman–Crippen LogP) is 5.58. The molecule has 0 aliphatic heterocycles. The van der Waals surface area contributed by atoms with Gasteiger partial charge in [-0.1, -0.05) is 23.7 Å². The number of benzene rings is 2. The van der Waals surface area contributed by atoms with Crippen LogP contribution in [0.3, 0.4) is 0 Å². The largest absolute Gasteiger partial charge is 0.497 e. The Balaban J connectivity index is 1.90. The van der Waals surface area contributed by atoms with E-state index in [0.717, 1.165) is 41.5 Å². The fraction of sp³-hybridized carbons (Fsp3) is 0.227. The zero-order valence-corrected chi connectivity index (χ0v) is 15.7. The minimum atomic E-state index is 0.105. The van der Waals surface area contributed by atoms with Gasteiger partial charge in [0.25, 0.3) is 0 Å².